The molecular weight excluding hydrogens is 450 g/mol. The summed E-state index contributed by atoms with van der Waals surface area (Å²) in [7, 11) is 0. The maximum atomic E-state index is 14.3. The summed E-state index contributed by atoms with van der Waals surface area (Å²) in [6.45, 7) is 3.95. The summed E-state index contributed by atoms with van der Waals surface area (Å²) >= 11 is 2.20. The van der Waals surface area contributed by atoms with Crippen LogP contribution in [0.2, 0.25) is 0 Å². The van der Waals surface area contributed by atoms with Gasteiger partial charge in [0.1, 0.15) is 5.82 Å². The van der Waals surface area contributed by atoms with Gasteiger partial charge >= 0.3 is 0 Å². The topological polar surface area (TPSA) is 70.6 Å². The highest BCUT2D eigenvalue weighted by molar-refractivity contribution is 14.1. The number of anilines is 2. The Morgan fingerprint density at radius 3 is 2.81 bits per heavy atom. The van der Waals surface area contributed by atoms with E-state index in [1.165, 1.54) is 18.2 Å². The molecule has 0 aliphatic rings. The molecular formula is C19H22FIN2O3. The zero-order valence-electron chi connectivity index (χ0n) is 14.7. The molecule has 0 aliphatic carbocycles. The molecule has 1 atom stereocenters. The molecule has 0 aliphatic heterocycles. The van der Waals surface area contributed by atoms with E-state index in [1.807, 2.05) is 32.0 Å². The lowest BCUT2D eigenvalue weighted by molar-refractivity contribution is 0.0161. The van der Waals surface area contributed by atoms with E-state index in [0.717, 1.165) is 14.8 Å². The number of amides is 1. The lowest BCUT2D eigenvalue weighted by Gasteiger charge is -2.15. The van der Waals surface area contributed by atoms with E-state index in [0.29, 0.717) is 12.8 Å². The highest BCUT2D eigenvalue weighted by Gasteiger charge is 2.16. The minimum atomic E-state index is -0.554. The van der Waals surface area contributed by atoms with E-state index >= 15 is 0 Å². The zero-order valence-corrected chi connectivity index (χ0v) is 16.8. The van der Waals surface area contributed by atoms with Crippen LogP contribution in [0.4, 0.5) is 15.8 Å². The Bertz CT molecular complexity index is 770. The smallest absolute Gasteiger partial charge is 0.277 e. The van der Waals surface area contributed by atoms with Gasteiger partial charge in [0.05, 0.1) is 24.0 Å². The van der Waals surface area contributed by atoms with E-state index in [-0.39, 0.29) is 17.9 Å². The molecule has 0 fully saturated rings. The van der Waals surface area contributed by atoms with Crippen LogP contribution in [-0.2, 0) is 4.84 Å². The molecule has 2 rings (SSSR count). The first kappa shape index (κ1) is 20.6. The molecule has 7 heteroatoms. The first-order valence-electron chi connectivity index (χ1n) is 8.34. The predicted octanol–water partition coefficient (Wildman–Crippen LogP) is 4.30. The molecule has 0 saturated carbocycles. The van der Waals surface area contributed by atoms with Gasteiger partial charge in [-0.1, -0.05) is 13.0 Å². The summed E-state index contributed by atoms with van der Waals surface area (Å²) in [5, 5.41) is 12.5. The third-order valence-electron chi connectivity index (χ3n) is 3.90. The number of aliphatic hydroxyl groups is 1. The summed E-state index contributed by atoms with van der Waals surface area (Å²) in [6.07, 6.45) is 0.555. The second-order valence-electron chi connectivity index (χ2n) is 5.88. The maximum Gasteiger partial charge on any atom is 0.277 e. The first-order chi connectivity index (χ1) is 12.4. The predicted molar refractivity (Wildman–Crippen MR) is 108 cm³/mol. The summed E-state index contributed by atoms with van der Waals surface area (Å²) in [4.78, 5) is 17.5. The molecule has 0 bridgehead atoms. The maximum absolute atomic E-state index is 14.3. The number of halogens is 2. The number of rotatable bonds is 8. The quantitative estimate of drug-likeness (QED) is 0.305. The van der Waals surface area contributed by atoms with Crippen LogP contribution >= 0.6 is 22.6 Å². The Balaban J connectivity index is 2.12. The number of para-hydroxylation sites is 1. The van der Waals surface area contributed by atoms with Gasteiger partial charge in [0.2, 0.25) is 0 Å². The molecule has 3 N–H and O–H groups in total. The standard InChI is InChI=1S/C19H22FIN2O3/c1-3-14(24)9-10-26-23-19(25)15-5-4-6-16(20)18(15)22-17-8-7-13(21)11-12(17)2/h4-8,11,14,22,24H,3,9-10H2,1-2H3,(H,23,25). The SMILES string of the molecule is CCC(O)CCONC(=O)c1cccc(F)c1Nc1ccc(I)cc1C. The van der Waals surface area contributed by atoms with Crippen molar-refractivity contribution in [2.24, 2.45) is 0 Å². The Hall–Kier alpha value is -1.71. The van der Waals surface area contributed by atoms with Gasteiger partial charge in [-0.05, 0) is 78.3 Å². The molecule has 1 unspecified atom stereocenters. The van der Waals surface area contributed by atoms with Crippen molar-refractivity contribution in [2.75, 3.05) is 11.9 Å². The molecule has 5 nitrogen and oxygen atoms in total. The number of hydrogen-bond acceptors (Lipinski definition) is 4. The Morgan fingerprint density at radius 2 is 2.12 bits per heavy atom. The van der Waals surface area contributed by atoms with Crippen molar-refractivity contribution in [3.63, 3.8) is 0 Å². The molecule has 0 saturated heterocycles. The van der Waals surface area contributed by atoms with Crippen LogP contribution in [0, 0.1) is 16.3 Å². The molecule has 1 amide bonds. The summed E-state index contributed by atoms with van der Waals surface area (Å²) < 4.78 is 15.4. The van der Waals surface area contributed by atoms with Crippen LogP contribution in [-0.4, -0.2) is 23.7 Å². The van der Waals surface area contributed by atoms with Crippen molar-refractivity contribution in [3.8, 4) is 0 Å². The van der Waals surface area contributed by atoms with E-state index < -0.39 is 17.8 Å². The van der Waals surface area contributed by atoms with Gasteiger partial charge in [-0.2, -0.15) is 0 Å². The lowest BCUT2D eigenvalue weighted by Crippen LogP contribution is -2.26. The number of nitrogens with one attached hydrogen (secondary N) is 2. The summed E-state index contributed by atoms with van der Waals surface area (Å²) in [5.74, 6) is -1.09. The summed E-state index contributed by atoms with van der Waals surface area (Å²) in [5.41, 5.74) is 4.18. The van der Waals surface area contributed by atoms with Crippen LogP contribution in [0.1, 0.15) is 35.7 Å². The van der Waals surface area contributed by atoms with Crippen molar-refractivity contribution in [1.82, 2.24) is 5.48 Å². The highest BCUT2D eigenvalue weighted by Crippen LogP contribution is 2.27. The minimum absolute atomic E-state index is 0.0894. The van der Waals surface area contributed by atoms with Crippen molar-refractivity contribution < 1.29 is 19.1 Å². The largest absolute Gasteiger partial charge is 0.393 e. The summed E-state index contributed by atoms with van der Waals surface area (Å²) in [6, 6.07) is 9.99. The van der Waals surface area contributed by atoms with Crippen molar-refractivity contribution in [1.29, 1.82) is 0 Å². The lowest BCUT2D eigenvalue weighted by atomic mass is 10.1. The van der Waals surface area contributed by atoms with E-state index in [4.69, 9.17) is 4.84 Å². The van der Waals surface area contributed by atoms with Crippen LogP contribution in [0.25, 0.3) is 0 Å². The molecule has 0 heterocycles. The molecule has 2 aromatic rings. The zero-order chi connectivity index (χ0) is 19.1. The Labute approximate surface area is 166 Å². The van der Waals surface area contributed by atoms with Gasteiger partial charge in [0.25, 0.3) is 5.91 Å². The van der Waals surface area contributed by atoms with E-state index in [9.17, 15) is 14.3 Å². The van der Waals surface area contributed by atoms with Gasteiger partial charge in [0.15, 0.2) is 0 Å². The van der Waals surface area contributed by atoms with Crippen molar-refractivity contribution in [2.45, 2.75) is 32.8 Å². The Kier molecular flexibility index (Phi) is 7.80. The fourth-order valence-electron chi connectivity index (χ4n) is 2.31. The third-order valence-corrected chi connectivity index (χ3v) is 4.57. The van der Waals surface area contributed by atoms with Crippen LogP contribution in [0.5, 0.6) is 0 Å². The van der Waals surface area contributed by atoms with Gasteiger partial charge < -0.3 is 10.4 Å². The van der Waals surface area contributed by atoms with Gasteiger partial charge in [0, 0.05) is 9.26 Å². The molecule has 0 radical (unpaired) electrons. The molecule has 0 aromatic heterocycles. The van der Waals surface area contributed by atoms with Crippen LogP contribution in [0.15, 0.2) is 36.4 Å². The molecule has 2 aromatic carbocycles. The van der Waals surface area contributed by atoms with Crippen molar-refractivity contribution in [3.05, 3.63) is 56.9 Å². The second-order valence-corrected chi connectivity index (χ2v) is 7.12. The number of aliphatic hydroxyl groups excluding tert-OH is 1. The number of hydroxylamine groups is 1. The fourth-order valence-corrected chi connectivity index (χ4v) is 2.96. The number of carbonyl (C=O) groups excluding carboxylic acids is 1. The number of aryl methyl sites for hydroxylation is 1. The molecule has 26 heavy (non-hydrogen) atoms. The normalized spacial score (nSPS) is 11.9. The molecule has 0 spiro atoms. The third kappa shape index (κ3) is 5.65. The monoisotopic (exact) mass is 472 g/mol. The van der Waals surface area contributed by atoms with Gasteiger partial charge in [-0.15, -0.1) is 0 Å². The average molecular weight is 472 g/mol. The minimum Gasteiger partial charge on any atom is -0.393 e. The second kappa shape index (κ2) is 9.84. The van der Waals surface area contributed by atoms with Gasteiger partial charge in [-0.3, -0.25) is 9.63 Å². The fraction of sp³-hybridized carbons (Fsp3) is 0.316. The van der Waals surface area contributed by atoms with Crippen molar-refractivity contribution >= 4 is 39.9 Å². The number of carbonyl (C=O) groups is 1. The van der Waals surface area contributed by atoms with Gasteiger partial charge in [-0.25, -0.2) is 9.87 Å². The average Bonchev–Trinajstić information content (AvgIpc) is 2.61. The van der Waals surface area contributed by atoms with E-state index in [1.54, 1.807) is 0 Å². The highest BCUT2D eigenvalue weighted by atomic mass is 127. The first-order valence-corrected chi connectivity index (χ1v) is 9.42. The van der Waals surface area contributed by atoms with Crippen LogP contribution < -0.4 is 10.8 Å². The Morgan fingerprint density at radius 1 is 1.35 bits per heavy atom. The molecule has 140 valence electrons. The number of benzene rings is 2. The van der Waals surface area contributed by atoms with E-state index in [2.05, 4.69) is 33.4 Å². The number of hydrogen-bond donors (Lipinski definition) is 3. The van der Waals surface area contributed by atoms with Crippen LogP contribution in [0.3, 0.4) is 0 Å².